The number of hydrogen-bond donors (Lipinski definition) is 1. The van der Waals surface area contributed by atoms with E-state index in [2.05, 4.69) is 45.1 Å². The number of benzene rings is 2. The van der Waals surface area contributed by atoms with Crippen molar-refractivity contribution in [2.75, 3.05) is 31.6 Å². The molecule has 1 atom stereocenters. The molecule has 6 heteroatoms. The number of carbonyl (C=O) groups excluding carboxylic acids is 2. The van der Waals surface area contributed by atoms with Crippen LogP contribution in [-0.4, -0.2) is 49.3 Å². The first kappa shape index (κ1) is 28.4. The monoisotopic (exact) mass is 458 g/mol. The van der Waals surface area contributed by atoms with Gasteiger partial charge in [-0.1, -0.05) is 64.4 Å². The van der Waals surface area contributed by atoms with E-state index >= 15 is 0 Å². The Bertz CT molecular complexity index is 855. The Balaban J connectivity index is 0.000000409. The molecule has 6 nitrogen and oxygen atoms in total. The van der Waals surface area contributed by atoms with Crippen molar-refractivity contribution in [1.29, 1.82) is 0 Å². The first-order valence-electron chi connectivity index (χ1n) is 11.9. The molecule has 1 aliphatic rings. The molecule has 2 amide bonds. The average molecular weight is 459 g/mol. The average Bonchev–Trinajstić information content (AvgIpc) is 2.79. The summed E-state index contributed by atoms with van der Waals surface area (Å²) in [5.74, 6) is 0.487. The van der Waals surface area contributed by atoms with Crippen LogP contribution in [-0.2, 0) is 14.3 Å². The molecular formula is C27H42N2O4. The zero-order valence-corrected chi connectivity index (χ0v) is 21.4. The highest BCUT2D eigenvalue weighted by molar-refractivity contribution is 6.01. The van der Waals surface area contributed by atoms with Crippen LogP contribution in [0.5, 0.6) is 0 Å². The highest BCUT2D eigenvalue weighted by Crippen LogP contribution is 2.32. The van der Waals surface area contributed by atoms with Crippen LogP contribution in [0.4, 0.5) is 10.5 Å². The SMILES string of the molecule is CCC.CCC(C)c1ccc(NC(=O)OC(C)(C)C)c2ccccc12.O=CN1CCOCC1. The topological polar surface area (TPSA) is 67.9 Å². The second kappa shape index (κ2) is 14.5. The number of morpholine rings is 1. The lowest BCUT2D eigenvalue weighted by Gasteiger charge is -2.21. The molecule has 1 unspecified atom stereocenters. The summed E-state index contributed by atoms with van der Waals surface area (Å²) in [7, 11) is 0. The fourth-order valence-corrected chi connectivity index (χ4v) is 3.18. The summed E-state index contributed by atoms with van der Waals surface area (Å²) in [5.41, 5.74) is 1.60. The van der Waals surface area contributed by atoms with Gasteiger partial charge in [0.25, 0.3) is 0 Å². The van der Waals surface area contributed by atoms with Gasteiger partial charge in [-0.05, 0) is 50.1 Å². The Kier molecular flexibility index (Phi) is 12.5. The Morgan fingerprint density at radius 1 is 1.09 bits per heavy atom. The van der Waals surface area contributed by atoms with Crippen molar-refractivity contribution in [2.24, 2.45) is 0 Å². The minimum Gasteiger partial charge on any atom is -0.444 e. The molecule has 184 valence electrons. The van der Waals surface area contributed by atoms with Crippen LogP contribution < -0.4 is 5.32 Å². The van der Waals surface area contributed by atoms with E-state index in [4.69, 9.17) is 9.47 Å². The maximum atomic E-state index is 12.0. The van der Waals surface area contributed by atoms with Crippen LogP contribution in [0, 0.1) is 0 Å². The molecule has 0 saturated carbocycles. The number of nitrogens with one attached hydrogen (secondary N) is 1. The summed E-state index contributed by atoms with van der Waals surface area (Å²) in [6.45, 7) is 17.1. The lowest BCUT2D eigenvalue weighted by molar-refractivity contribution is -0.121. The molecule has 3 rings (SSSR count). The van der Waals surface area contributed by atoms with E-state index < -0.39 is 11.7 Å². The van der Waals surface area contributed by atoms with Gasteiger partial charge >= 0.3 is 6.09 Å². The maximum Gasteiger partial charge on any atom is 0.412 e. The zero-order chi connectivity index (χ0) is 24.9. The standard InChI is InChI=1S/C19H25NO2.C5H9NO2.C3H8/c1-6-13(2)14-11-12-17(16-10-8-7-9-15(14)16)20-18(21)22-19(3,4)5;7-5-6-1-3-8-4-2-6;1-3-2/h7-13H,6H2,1-5H3,(H,20,21);5H,1-4H2;3H2,1-2H3. The summed E-state index contributed by atoms with van der Waals surface area (Å²) >= 11 is 0. The van der Waals surface area contributed by atoms with Crippen molar-refractivity contribution in [1.82, 2.24) is 4.90 Å². The van der Waals surface area contributed by atoms with E-state index in [0.717, 1.165) is 37.0 Å². The summed E-state index contributed by atoms with van der Waals surface area (Å²) < 4.78 is 10.3. The predicted octanol–water partition coefficient (Wildman–Crippen LogP) is 6.59. The Hall–Kier alpha value is -2.60. The number of ether oxygens (including phenoxy) is 2. The van der Waals surface area contributed by atoms with Crippen LogP contribution in [0.3, 0.4) is 0 Å². The second-order valence-corrected chi connectivity index (χ2v) is 9.14. The first-order valence-corrected chi connectivity index (χ1v) is 11.9. The smallest absolute Gasteiger partial charge is 0.412 e. The molecule has 2 aromatic rings. The number of rotatable bonds is 4. The van der Waals surface area contributed by atoms with Gasteiger partial charge in [-0.15, -0.1) is 0 Å². The third kappa shape index (κ3) is 10.3. The quantitative estimate of drug-likeness (QED) is 0.525. The molecule has 0 bridgehead atoms. The third-order valence-electron chi connectivity index (χ3n) is 4.93. The molecular weight excluding hydrogens is 416 g/mol. The van der Waals surface area contributed by atoms with Gasteiger partial charge in [-0.3, -0.25) is 10.1 Å². The second-order valence-electron chi connectivity index (χ2n) is 9.14. The molecule has 1 heterocycles. The van der Waals surface area contributed by atoms with Crippen molar-refractivity contribution in [2.45, 2.75) is 72.8 Å². The maximum absolute atomic E-state index is 12.0. The Morgan fingerprint density at radius 3 is 2.15 bits per heavy atom. The van der Waals surface area contributed by atoms with Gasteiger partial charge in [0.1, 0.15) is 5.60 Å². The van der Waals surface area contributed by atoms with Gasteiger partial charge in [-0.25, -0.2) is 4.79 Å². The number of anilines is 1. The van der Waals surface area contributed by atoms with Crippen molar-refractivity contribution in [3.05, 3.63) is 42.0 Å². The normalized spacial score (nSPS) is 14.2. The van der Waals surface area contributed by atoms with Crippen molar-refractivity contribution < 1.29 is 19.1 Å². The van der Waals surface area contributed by atoms with Crippen molar-refractivity contribution in [3.8, 4) is 0 Å². The first-order chi connectivity index (χ1) is 15.7. The predicted molar refractivity (Wildman–Crippen MR) is 137 cm³/mol. The van der Waals surface area contributed by atoms with Gasteiger partial charge in [0.05, 0.1) is 18.9 Å². The van der Waals surface area contributed by atoms with E-state index in [0.29, 0.717) is 19.1 Å². The minimum absolute atomic E-state index is 0.422. The van der Waals surface area contributed by atoms with Crippen molar-refractivity contribution in [3.63, 3.8) is 0 Å². The molecule has 0 aromatic heterocycles. The summed E-state index contributed by atoms with van der Waals surface area (Å²) in [4.78, 5) is 23.8. The van der Waals surface area contributed by atoms with E-state index in [1.807, 2.05) is 45.0 Å². The molecule has 1 saturated heterocycles. The fraction of sp³-hybridized carbons (Fsp3) is 0.556. The van der Waals surface area contributed by atoms with Crippen LogP contribution in [0.1, 0.15) is 72.8 Å². The van der Waals surface area contributed by atoms with Crippen LogP contribution >= 0.6 is 0 Å². The number of fused-ring (bicyclic) bond motifs is 1. The molecule has 1 fully saturated rings. The molecule has 1 N–H and O–H groups in total. The van der Waals surface area contributed by atoms with Gasteiger partial charge in [0, 0.05) is 18.5 Å². The number of hydrogen-bond acceptors (Lipinski definition) is 4. The van der Waals surface area contributed by atoms with E-state index in [9.17, 15) is 9.59 Å². The molecule has 0 aliphatic carbocycles. The molecule has 1 aliphatic heterocycles. The van der Waals surface area contributed by atoms with Crippen LogP contribution in [0.2, 0.25) is 0 Å². The molecule has 0 spiro atoms. The minimum atomic E-state index is -0.503. The van der Waals surface area contributed by atoms with E-state index in [1.54, 1.807) is 4.90 Å². The van der Waals surface area contributed by atoms with E-state index in [1.165, 1.54) is 17.4 Å². The molecule has 0 radical (unpaired) electrons. The number of carbonyl (C=O) groups is 2. The lowest BCUT2D eigenvalue weighted by atomic mass is 9.92. The number of nitrogens with zero attached hydrogens (tertiary/aromatic N) is 1. The Morgan fingerprint density at radius 2 is 1.67 bits per heavy atom. The fourth-order valence-electron chi connectivity index (χ4n) is 3.18. The lowest BCUT2D eigenvalue weighted by Crippen LogP contribution is -2.34. The molecule has 2 aromatic carbocycles. The molecule has 33 heavy (non-hydrogen) atoms. The van der Waals surface area contributed by atoms with Gasteiger partial charge in [0.15, 0.2) is 0 Å². The largest absolute Gasteiger partial charge is 0.444 e. The Labute approximate surface area is 199 Å². The van der Waals surface area contributed by atoms with Gasteiger partial charge in [-0.2, -0.15) is 0 Å². The third-order valence-corrected chi connectivity index (χ3v) is 4.93. The van der Waals surface area contributed by atoms with E-state index in [-0.39, 0.29) is 0 Å². The van der Waals surface area contributed by atoms with Gasteiger partial charge < -0.3 is 14.4 Å². The highest BCUT2D eigenvalue weighted by Gasteiger charge is 2.18. The summed E-state index contributed by atoms with van der Waals surface area (Å²) in [6, 6.07) is 12.2. The van der Waals surface area contributed by atoms with Gasteiger partial charge in [0.2, 0.25) is 6.41 Å². The zero-order valence-electron chi connectivity index (χ0n) is 21.4. The van der Waals surface area contributed by atoms with Crippen LogP contribution in [0.25, 0.3) is 10.8 Å². The summed E-state index contributed by atoms with van der Waals surface area (Å²) in [5, 5.41) is 5.10. The van der Waals surface area contributed by atoms with Crippen molar-refractivity contribution >= 4 is 29.0 Å². The highest BCUT2D eigenvalue weighted by atomic mass is 16.6. The summed E-state index contributed by atoms with van der Waals surface area (Å²) in [6.07, 6.45) is 2.78. The number of amides is 2. The van der Waals surface area contributed by atoms with Crippen LogP contribution in [0.15, 0.2) is 36.4 Å².